The molecule has 0 bridgehead atoms. The number of carbonyl (C=O) groups is 1. The van der Waals surface area contributed by atoms with Crippen LogP contribution in [-0.4, -0.2) is 28.6 Å². The molecule has 1 amide bonds. The van der Waals surface area contributed by atoms with Crippen molar-refractivity contribution < 1.29 is 4.79 Å². The van der Waals surface area contributed by atoms with Crippen molar-refractivity contribution in [1.29, 1.82) is 0 Å². The van der Waals surface area contributed by atoms with E-state index >= 15 is 0 Å². The first-order valence-electron chi connectivity index (χ1n) is 7.64. The van der Waals surface area contributed by atoms with Crippen molar-refractivity contribution in [3.05, 3.63) is 0 Å². The largest absolute Gasteiger partial charge is 0.322 e. The van der Waals surface area contributed by atoms with Crippen molar-refractivity contribution in [2.24, 2.45) is 11.8 Å². The SMILES string of the molecule is CC1CC(N2C(=O)C3(CCCC3)NC2C(C)C)C1. The van der Waals surface area contributed by atoms with Crippen molar-refractivity contribution >= 4 is 5.91 Å². The Morgan fingerprint density at radius 3 is 2.39 bits per heavy atom. The summed E-state index contributed by atoms with van der Waals surface area (Å²) in [5.74, 6) is 1.72. The molecule has 1 unspecified atom stereocenters. The molecule has 1 aliphatic heterocycles. The van der Waals surface area contributed by atoms with Gasteiger partial charge in [-0.1, -0.05) is 33.6 Å². The molecular weight excluding hydrogens is 224 g/mol. The number of carbonyl (C=O) groups excluding carboxylic acids is 1. The molecule has 1 spiro atoms. The van der Waals surface area contributed by atoms with Crippen LogP contribution in [0.2, 0.25) is 0 Å². The first-order chi connectivity index (χ1) is 8.53. The first-order valence-corrected chi connectivity index (χ1v) is 7.64. The van der Waals surface area contributed by atoms with Crippen molar-refractivity contribution in [3.8, 4) is 0 Å². The summed E-state index contributed by atoms with van der Waals surface area (Å²) in [7, 11) is 0. The van der Waals surface area contributed by atoms with E-state index in [9.17, 15) is 4.79 Å². The minimum Gasteiger partial charge on any atom is -0.322 e. The zero-order chi connectivity index (χ0) is 12.9. The fraction of sp³-hybridized carbons (Fsp3) is 0.933. The Bertz CT molecular complexity index is 340. The predicted molar refractivity (Wildman–Crippen MR) is 72.0 cm³/mol. The molecule has 3 rings (SSSR count). The highest BCUT2D eigenvalue weighted by atomic mass is 16.2. The van der Waals surface area contributed by atoms with E-state index in [2.05, 4.69) is 31.0 Å². The molecule has 102 valence electrons. The van der Waals surface area contributed by atoms with Gasteiger partial charge in [0.1, 0.15) is 0 Å². The van der Waals surface area contributed by atoms with Crippen molar-refractivity contribution in [2.75, 3.05) is 0 Å². The fourth-order valence-electron chi connectivity index (χ4n) is 4.09. The third-order valence-corrected chi connectivity index (χ3v) is 5.20. The molecule has 0 aromatic carbocycles. The van der Waals surface area contributed by atoms with Crippen LogP contribution in [0.4, 0.5) is 0 Å². The maximum absolute atomic E-state index is 12.8. The summed E-state index contributed by atoms with van der Waals surface area (Å²) in [5, 5.41) is 3.71. The van der Waals surface area contributed by atoms with Gasteiger partial charge in [-0.15, -0.1) is 0 Å². The van der Waals surface area contributed by atoms with Gasteiger partial charge in [0, 0.05) is 6.04 Å². The van der Waals surface area contributed by atoms with Gasteiger partial charge in [0.25, 0.3) is 0 Å². The molecule has 3 heteroatoms. The summed E-state index contributed by atoms with van der Waals surface area (Å²) in [6, 6.07) is 0.507. The molecule has 0 aromatic rings. The molecule has 1 heterocycles. The Morgan fingerprint density at radius 2 is 1.89 bits per heavy atom. The van der Waals surface area contributed by atoms with E-state index in [1.54, 1.807) is 0 Å². The predicted octanol–water partition coefficient (Wildman–Crippen LogP) is 2.51. The van der Waals surface area contributed by atoms with Crippen LogP contribution in [0, 0.1) is 11.8 Å². The van der Waals surface area contributed by atoms with Crippen LogP contribution in [0.3, 0.4) is 0 Å². The lowest BCUT2D eigenvalue weighted by atomic mass is 9.80. The van der Waals surface area contributed by atoms with Crippen LogP contribution in [0.1, 0.15) is 59.3 Å². The van der Waals surface area contributed by atoms with Gasteiger partial charge in [0.15, 0.2) is 0 Å². The molecule has 18 heavy (non-hydrogen) atoms. The van der Waals surface area contributed by atoms with Gasteiger partial charge in [-0.3, -0.25) is 10.1 Å². The lowest BCUT2D eigenvalue weighted by molar-refractivity contribution is -0.138. The second-order valence-corrected chi connectivity index (χ2v) is 7.07. The maximum atomic E-state index is 12.8. The fourth-order valence-corrected chi connectivity index (χ4v) is 4.09. The van der Waals surface area contributed by atoms with Gasteiger partial charge >= 0.3 is 0 Å². The molecule has 1 saturated heterocycles. The summed E-state index contributed by atoms with van der Waals surface area (Å²) in [6.45, 7) is 6.75. The maximum Gasteiger partial charge on any atom is 0.244 e. The minimum atomic E-state index is -0.187. The lowest BCUT2D eigenvalue weighted by Crippen LogP contribution is -2.52. The van der Waals surface area contributed by atoms with Gasteiger partial charge < -0.3 is 4.90 Å². The number of amides is 1. The normalized spacial score (nSPS) is 38.8. The Hall–Kier alpha value is -0.570. The summed E-state index contributed by atoms with van der Waals surface area (Å²) >= 11 is 0. The Balaban J connectivity index is 1.83. The summed E-state index contributed by atoms with van der Waals surface area (Å²) in [4.78, 5) is 15.1. The summed E-state index contributed by atoms with van der Waals surface area (Å²) < 4.78 is 0. The van der Waals surface area contributed by atoms with E-state index in [4.69, 9.17) is 0 Å². The van der Waals surface area contributed by atoms with Gasteiger partial charge in [-0.25, -0.2) is 0 Å². The molecule has 3 nitrogen and oxygen atoms in total. The standard InChI is InChI=1S/C15H26N2O/c1-10(2)13-16-15(6-4-5-7-15)14(18)17(13)12-8-11(3)9-12/h10-13,16H,4-9H2,1-3H3. The van der Waals surface area contributed by atoms with E-state index in [-0.39, 0.29) is 11.7 Å². The second kappa shape index (κ2) is 4.22. The monoisotopic (exact) mass is 250 g/mol. The number of nitrogens with one attached hydrogen (secondary N) is 1. The molecule has 0 aromatic heterocycles. The molecule has 1 N–H and O–H groups in total. The third-order valence-electron chi connectivity index (χ3n) is 5.20. The van der Waals surface area contributed by atoms with Crippen LogP contribution in [-0.2, 0) is 4.79 Å². The average molecular weight is 250 g/mol. The number of nitrogens with zero attached hydrogens (tertiary/aromatic N) is 1. The minimum absolute atomic E-state index is 0.187. The van der Waals surface area contributed by atoms with Crippen LogP contribution in [0.15, 0.2) is 0 Å². The van der Waals surface area contributed by atoms with Crippen molar-refractivity contribution in [2.45, 2.75) is 77.0 Å². The second-order valence-electron chi connectivity index (χ2n) is 7.07. The molecule has 2 saturated carbocycles. The zero-order valence-corrected chi connectivity index (χ0v) is 11.9. The summed E-state index contributed by atoms with van der Waals surface area (Å²) in [5.41, 5.74) is -0.187. The van der Waals surface area contributed by atoms with E-state index < -0.39 is 0 Å². The van der Waals surface area contributed by atoms with Crippen molar-refractivity contribution in [3.63, 3.8) is 0 Å². The van der Waals surface area contributed by atoms with Crippen LogP contribution < -0.4 is 5.32 Å². The molecule has 1 atom stereocenters. The van der Waals surface area contributed by atoms with Crippen LogP contribution in [0.5, 0.6) is 0 Å². The van der Waals surface area contributed by atoms with E-state index in [0.29, 0.717) is 17.9 Å². The smallest absolute Gasteiger partial charge is 0.244 e. The highest BCUT2D eigenvalue weighted by Crippen LogP contribution is 2.42. The topological polar surface area (TPSA) is 32.3 Å². The van der Waals surface area contributed by atoms with Gasteiger partial charge in [-0.2, -0.15) is 0 Å². The highest BCUT2D eigenvalue weighted by Gasteiger charge is 2.55. The Labute approximate surface area is 110 Å². The van der Waals surface area contributed by atoms with E-state index in [0.717, 1.165) is 18.8 Å². The Kier molecular flexibility index (Phi) is 2.92. The average Bonchev–Trinajstić information content (AvgIpc) is 2.84. The first kappa shape index (κ1) is 12.5. The third kappa shape index (κ3) is 1.70. The van der Waals surface area contributed by atoms with Crippen LogP contribution >= 0.6 is 0 Å². The van der Waals surface area contributed by atoms with Crippen molar-refractivity contribution in [1.82, 2.24) is 10.2 Å². The van der Waals surface area contributed by atoms with Crippen LogP contribution in [0.25, 0.3) is 0 Å². The number of rotatable bonds is 2. The summed E-state index contributed by atoms with van der Waals surface area (Å²) in [6.07, 6.45) is 7.19. The van der Waals surface area contributed by atoms with E-state index in [1.807, 2.05) is 0 Å². The molecule has 0 radical (unpaired) electrons. The molecular formula is C15H26N2O. The number of hydrogen-bond acceptors (Lipinski definition) is 2. The van der Waals surface area contributed by atoms with E-state index in [1.165, 1.54) is 25.7 Å². The van der Waals surface area contributed by atoms with Gasteiger partial charge in [0.2, 0.25) is 5.91 Å². The van der Waals surface area contributed by atoms with Gasteiger partial charge in [-0.05, 0) is 37.5 Å². The zero-order valence-electron chi connectivity index (χ0n) is 11.9. The molecule has 2 aliphatic carbocycles. The Morgan fingerprint density at radius 1 is 1.28 bits per heavy atom. The molecule has 3 aliphatic rings. The quantitative estimate of drug-likeness (QED) is 0.816. The molecule has 3 fully saturated rings. The lowest BCUT2D eigenvalue weighted by Gasteiger charge is -2.43. The van der Waals surface area contributed by atoms with Gasteiger partial charge in [0.05, 0.1) is 11.7 Å². The number of hydrogen-bond donors (Lipinski definition) is 1. The highest BCUT2D eigenvalue weighted by molar-refractivity contribution is 5.89.